The maximum Gasteiger partial charge on any atom is 0.257 e. The Kier molecular flexibility index (Phi) is 6.02. The first-order valence-electron chi connectivity index (χ1n) is 10.5. The Labute approximate surface area is 216 Å². The lowest BCUT2D eigenvalue weighted by Crippen LogP contribution is -2.27. The monoisotopic (exact) mass is 538 g/mol. The molecule has 5 rings (SSSR count). The molecule has 36 heavy (non-hydrogen) atoms. The van der Waals surface area contributed by atoms with Crippen LogP contribution >= 0.6 is 23.2 Å². The van der Waals surface area contributed by atoms with Crippen molar-refractivity contribution in [1.29, 1.82) is 5.26 Å². The average Bonchev–Trinajstić information content (AvgIpc) is 3.37. The van der Waals surface area contributed by atoms with Crippen molar-refractivity contribution < 1.29 is 13.2 Å². The molecule has 4 aromatic rings. The Hall–Kier alpha value is -3.75. The third kappa shape index (κ3) is 4.23. The van der Waals surface area contributed by atoms with E-state index in [9.17, 15) is 18.5 Å². The second kappa shape index (κ2) is 9.04. The van der Waals surface area contributed by atoms with Gasteiger partial charge >= 0.3 is 0 Å². The molecule has 180 valence electrons. The average molecular weight is 539 g/mol. The lowest BCUT2D eigenvalue weighted by molar-refractivity contribution is -0.119. The number of nitrogens with two attached hydrogens (primary N) is 1. The van der Waals surface area contributed by atoms with Crippen molar-refractivity contribution in [3.8, 4) is 17.2 Å². The summed E-state index contributed by atoms with van der Waals surface area (Å²) in [6.07, 6.45) is 2.83. The van der Waals surface area contributed by atoms with E-state index in [-0.39, 0.29) is 17.4 Å². The maximum absolute atomic E-state index is 13.6. The summed E-state index contributed by atoms with van der Waals surface area (Å²) in [5.41, 5.74) is 2.87. The lowest BCUT2D eigenvalue weighted by Gasteiger charge is -2.17. The number of carbonyl (C=O) groups excluding carboxylic acids is 1. The number of nitriles is 1. The number of carbonyl (C=O) groups is 1. The van der Waals surface area contributed by atoms with Crippen molar-refractivity contribution in [3.63, 3.8) is 0 Å². The predicted octanol–water partition coefficient (Wildman–Crippen LogP) is 4.23. The summed E-state index contributed by atoms with van der Waals surface area (Å²) in [7, 11) is -4.17. The number of amides is 1. The first kappa shape index (κ1) is 24.0. The Morgan fingerprint density at radius 3 is 2.39 bits per heavy atom. The molecule has 0 saturated heterocycles. The molecule has 0 fully saturated rings. The normalized spacial score (nSPS) is 15.1. The van der Waals surface area contributed by atoms with Crippen molar-refractivity contribution in [2.75, 3.05) is 4.90 Å². The molecule has 0 aliphatic carbocycles. The Balaban J connectivity index is 1.54. The number of anilines is 2. The third-order valence-electron chi connectivity index (χ3n) is 5.77. The van der Waals surface area contributed by atoms with E-state index < -0.39 is 22.0 Å². The number of pyridine rings is 1. The molecule has 2 aromatic carbocycles. The molecule has 0 radical (unpaired) electrons. The van der Waals surface area contributed by atoms with Gasteiger partial charge in [0.2, 0.25) is 5.95 Å². The summed E-state index contributed by atoms with van der Waals surface area (Å²) in [4.78, 5) is 23.1. The Morgan fingerprint density at radius 2 is 1.75 bits per heavy atom. The fraction of sp³-hybridized carbons (Fsp3) is 0.0833. The number of nitrogens with zero attached hydrogens (tertiary/aromatic N) is 5. The van der Waals surface area contributed by atoms with E-state index >= 15 is 0 Å². The summed E-state index contributed by atoms with van der Waals surface area (Å²) in [5.74, 6) is -0.317. The number of rotatable bonds is 5. The van der Waals surface area contributed by atoms with Crippen LogP contribution in [0.3, 0.4) is 0 Å². The van der Waals surface area contributed by atoms with Gasteiger partial charge in [-0.3, -0.25) is 9.36 Å². The molecule has 1 unspecified atom stereocenters. The zero-order chi connectivity index (χ0) is 25.6. The smallest absolute Gasteiger partial charge is 0.257 e. The lowest BCUT2D eigenvalue weighted by atomic mass is 9.99. The van der Waals surface area contributed by atoms with E-state index in [2.05, 4.69) is 16.0 Å². The molecule has 1 aliphatic rings. The Morgan fingerprint density at radius 1 is 1.06 bits per heavy atom. The topological polar surface area (TPSA) is 135 Å². The molecule has 3 heterocycles. The largest absolute Gasteiger partial charge is 0.286 e. The number of hydrogen-bond acceptors (Lipinski definition) is 6. The van der Waals surface area contributed by atoms with Gasteiger partial charge in [0, 0.05) is 28.2 Å². The highest BCUT2D eigenvalue weighted by Crippen LogP contribution is 2.41. The third-order valence-corrected chi connectivity index (χ3v) is 7.09. The molecule has 1 atom stereocenters. The van der Waals surface area contributed by atoms with E-state index in [1.807, 2.05) is 24.3 Å². The summed E-state index contributed by atoms with van der Waals surface area (Å²) in [5, 5.41) is 15.1. The quantitative estimate of drug-likeness (QED) is 0.403. The molecule has 1 aliphatic heterocycles. The van der Waals surface area contributed by atoms with Crippen LogP contribution in [-0.4, -0.2) is 28.9 Å². The molecule has 2 aromatic heterocycles. The highest BCUT2D eigenvalue weighted by molar-refractivity contribution is 7.89. The fourth-order valence-electron chi connectivity index (χ4n) is 4.22. The molecular formula is C24H16Cl2N6O3S. The molecule has 2 N–H and O–H groups in total. The molecule has 0 spiro atoms. The van der Waals surface area contributed by atoms with Gasteiger partial charge in [0.05, 0.1) is 11.9 Å². The summed E-state index contributed by atoms with van der Waals surface area (Å²) in [6.45, 7) is 0. The highest BCUT2D eigenvalue weighted by atomic mass is 35.5. The number of halogens is 2. The van der Waals surface area contributed by atoms with E-state index in [0.29, 0.717) is 27.0 Å². The van der Waals surface area contributed by atoms with Crippen LogP contribution in [0.1, 0.15) is 17.3 Å². The molecule has 0 saturated carbocycles. The van der Waals surface area contributed by atoms with Crippen LogP contribution in [0.25, 0.3) is 11.1 Å². The van der Waals surface area contributed by atoms with Crippen LogP contribution in [-0.2, 0) is 21.2 Å². The highest BCUT2D eigenvalue weighted by Gasteiger charge is 2.42. The number of primary sulfonamides is 1. The standard InChI is InChI=1S/C24H16Cl2N6O3S/c25-16-9-17(26)11-18(10-16)31-23(33)21(32-22(36(28,34)35)13-30-24(31)32)8-14-3-5-15(6-4-14)19-2-1-7-29-20(19)12-27/h1-7,9-11,13,21H,8H2,(H2,28,34,35). The molecular weight excluding hydrogens is 523 g/mol. The van der Waals surface area contributed by atoms with Gasteiger partial charge in [-0.25, -0.2) is 28.4 Å². The number of benzene rings is 2. The Bertz CT molecular complexity index is 1640. The van der Waals surface area contributed by atoms with Crippen molar-refractivity contribution in [1.82, 2.24) is 14.5 Å². The van der Waals surface area contributed by atoms with Gasteiger partial charge in [0.15, 0.2) is 5.03 Å². The van der Waals surface area contributed by atoms with Crippen molar-refractivity contribution in [2.45, 2.75) is 17.5 Å². The minimum atomic E-state index is -4.17. The first-order valence-corrected chi connectivity index (χ1v) is 12.8. The predicted molar refractivity (Wildman–Crippen MR) is 134 cm³/mol. The number of fused-ring (bicyclic) bond motifs is 1. The van der Waals surface area contributed by atoms with Gasteiger partial charge in [-0.2, -0.15) is 5.26 Å². The van der Waals surface area contributed by atoms with Crippen LogP contribution in [0.4, 0.5) is 11.6 Å². The van der Waals surface area contributed by atoms with Crippen LogP contribution in [0.2, 0.25) is 10.0 Å². The second-order valence-electron chi connectivity index (χ2n) is 8.04. The zero-order valence-corrected chi connectivity index (χ0v) is 20.7. The summed E-state index contributed by atoms with van der Waals surface area (Å²) in [6, 6.07) is 16.5. The maximum atomic E-state index is 13.6. The minimum absolute atomic E-state index is 0.0954. The van der Waals surface area contributed by atoms with E-state index in [4.69, 9.17) is 28.3 Å². The summed E-state index contributed by atoms with van der Waals surface area (Å²) < 4.78 is 25.9. The van der Waals surface area contributed by atoms with E-state index in [0.717, 1.165) is 17.3 Å². The van der Waals surface area contributed by atoms with Gasteiger partial charge in [0.25, 0.3) is 15.9 Å². The second-order valence-corrected chi connectivity index (χ2v) is 10.4. The van der Waals surface area contributed by atoms with Gasteiger partial charge in [0.1, 0.15) is 17.8 Å². The van der Waals surface area contributed by atoms with E-state index in [1.54, 1.807) is 30.5 Å². The first-order chi connectivity index (χ1) is 17.2. The van der Waals surface area contributed by atoms with Crippen molar-refractivity contribution in [3.05, 3.63) is 88.3 Å². The van der Waals surface area contributed by atoms with Gasteiger partial charge in [-0.05, 0) is 41.5 Å². The molecule has 1 amide bonds. The molecule has 9 nitrogen and oxygen atoms in total. The zero-order valence-electron chi connectivity index (χ0n) is 18.3. The van der Waals surface area contributed by atoms with Crippen molar-refractivity contribution in [2.24, 2.45) is 5.14 Å². The van der Waals surface area contributed by atoms with Crippen molar-refractivity contribution >= 4 is 50.8 Å². The fourth-order valence-corrected chi connectivity index (χ4v) is 5.42. The van der Waals surface area contributed by atoms with E-state index in [1.165, 1.54) is 15.5 Å². The van der Waals surface area contributed by atoms with Crippen LogP contribution < -0.4 is 10.0 Å². The number of aromatic nitrogens is 3. The van der Waals surface area contributed by atoms with Gasteiger partial charge in [-0.15, -0.1) is 0 Å². The van der Waals surface area contributed by atoms with Crippen LogP contribution in [0, 0.1) is 11.3 Å². The van der Waals surface area contributed by atoms with Gasteiger partial charge < -0.3 is 0 Å². The summed E-state index contributed by atoms with van der Waals surface area (Å²) >= 11 is 12.3. The minimum Gasteiger partial charge on any atom is -0.286 e. The van der Waals surface area contributed by atoms with Crippen LogP contribution in [0.15, 0.2) is 72.0 Å². The van der Waals surface area contributed by atoms with Gasteiger partial charge in [-0.1, -0.05) is 47.5 Å². The number of sulfonamides is 1. The molecule has 12 heteroatoms. The van der Waals surface area contributed by atoms with Crippen LogP contribution in [0.5, 0.6) is 0 Å². The number of imidazole rings is 1. The SMILES string of the molecule is N#Cc1ncccc1-c1ccc(CC2C(=O)N(c3cc(Cl)cc(Cl)c3)c3ncc(S(N)(=O)=O)n32)cc1. The number of hydrogen-bond donors (Lipinski definition) is 1. The molecule has 0 bridgehead atoms.